The molecule has 0 aromatic heterocycles. The Kier molecular flexibility index (Phi) is 6.38. The lowest BCUT2D eigenvalue weighted by Gasteiger charge is -2.31. The van der Waals surface area contributed by atoms with E-state index in [0.29, 0.717) is 12.8 Å². The fourth-order valence-electron chi connectivity index (χ4n) is 1.95. The van der Waals surface area contributed by atoms with Crippen molar-refractivity contribution >= 4 is 16.2 Å². The predicted octanol–water partition coefficient (Wildman–Crippen LogP) is 0.339. The first-order valence-electron chi connectivity index (χ1n) is 6.27. The van der Waals surface area contributed by atoms with Gasteiger partial charge in [-0.15, -0.1) is 0 Å². The molecule has 1 unspecified atom stereocenters. The SMILES string of the molecule is O=C(O)C1CCCCN1S(=O)(=O)NCCOCC(F)(F)F. The number of halogens is 3. The van der Waals surface area contributed by atoms with Gasteiger partial charge in [-0.25, -0.2) is 0 Å². The van der Waals surface area contributed by atoms with Crippen molar-refractivity contribution in [2.45, 2.75) is 31.5 Å². The van der Waals surface area contributed by atoms with Crippen LogP contribution in [0.4, 0.5) is 13.2 Å². The molecule has 1 saturated heterocycles. The lowest BCUT2D eigenvalue weighted by molar-refractivity contribution is -0.173. The molecule has 1 fully saturated rings. The average molecular weight is 334 g/mol. The Morgan fingerprint density at radius 1 is 1.38 bits per heavy atom. The molecular formula is C10H17F3N2O5S. The Balaban J connectivity index is 2.46. The van der Waals surface area contributed by atoms with E-state index in [-0.39, 0.29) is 19.5 Å². The highest BCUT2D eigenvalue weighted by Crippen LogP contribution is 2.20. The summed E-state index contributed by atoms with van der Waals surface area (Å²) in [6, 6.07) is -1.15. The van der Waals surface area contributed by atoms with Crippen molar-refractivity contribution in [3.8, 4) is 0 Å². The Bertz CT molecular complexity index is 454. The lowest BCUT2D eigenvalue weighted by atomic mass is 10.1. The highest BCUT2D eigenvalue weighted by molar-refractivity contribution is 7.87. The van der Waals surface area contributed by atoms with Crippen molar-refractivity contribution < 1.29 is 36.2 Å². The van der Waals surface area contributed by atoms with Crippen molar-refractivity contribution in [3.05, 3.63) is 0 Å². The van der Waals surface area contributed by atoms with E-state index in [4.69, 9.17) is 5.11 Å². The number of ether oxygens (including phenoxy) is 1. The molecule has 7 nitrogen and oxygen atoms in total. The fraction of sp³-hybridized carbons (Fsp3) is 0.900. The van der Waals surface area contributed by atoms with Crippen LogP contribution in [0.1, 0.15) is 19.3 Å². The summed E-state index contributed by atoms with van der Waals surface area (Å²) in [5.74, 6) is -1.24. The van der Waals surface area contributed by atoms with E-state index >= 15 is 0 Å². The van der Waals surface area contributed by atoms with Gasteiger partial charge in [-0.2, -0.15) is 30.6 Å². The Labute approximate surface area is 120 Å². The molecule has 0 aromatic carbocycles. The number of nitrogens with zero attached hydrogens (tertiary/aromatic N) is 1. The third-order valence-electron chi connectivity index (χ3n) is 2.84. The first-order valence-corrected chi connectivity index (χ1v) is 7.71. The van der Waals surface area contributed by atoms with Gasteiger partial charge in [-0.05, 0) is 19.3 Å². The Hall–Kier alpha value is -0.910. The third-order valence-corrected chi connectivity index (χ3v) is 4.47. The monoisotopic (exact) mass is 334 g/mol. The van der Waals surface area contributed by atoms with Crippen LogP contribution in [-0.2, 0) is 19.7 Å². The summed E-state index contributed by atoms with van der Waals surface area (Å²) in [6.07, 6.45) is -3.12. The van der Waals surface area contributed by atoms with Gasteiger partial charge < -0.3 is 9.84 Å². The molecule has 1 aliphatic rings. The maximum atomic E-state index is 11.9. The maximum Gasteiger partial charge on any atom is 0.411 e. The van der Waals surface area contributed by atoms with E-state index in [0.717, 1.165) is 4.31 Å². The predicted molar refractivity (Wildman–Crippen MR) is 65.8 cm³/mol. The highest BCUT2D eigenvalue weighted by Gasteiger charge is 2.36. The number of hydrogen-bond donors (Lipinski definition) is 2. The zero-order valence-electron chi connectivity index (χ0n) is 11.1. The molecule has 21 heavy (non-hydrogen) atoms. The number of carboxylic acids is 1. The van der Waals surface area contributed by atoms with Crippen LogP contribution in [0, 0.1) is 0 Å². The van der Waals surface area contributed by atoms with Crippen molar-refractivity contribution in [1.29, 1.82) is 0 Å². The van der Waals surface area contributed by atoms with Gasteiger partial charge in [-0.1, -0.05) is 0 Å². The molecule has 0 spiro atoms. The smallest absolute Gasteiger partial charge is 0.411 e. The van der Waals surface area contributed by atoms with E-state index < -0.39 is 41.6 Å². The average Bonchev–Trinajstić information content (AvgIpc) is 2.36. The summed E-state index contributed by atoms with van der Waals surface area (Å²) in [7, 11) is -4.05. The van der Waals surface area contributed by atoms with Crippen LogP contribution in [0.15, 0.2) is 0 Å². The van der Waals surface area contributed by atoms with Gasteiger partial charge >= 0.3 is 12.1 Å². The molecule has 0 aliphatic carbocycles. The second-order valence-corrected chi connectivity index (χ2v) is 6.24. The second kappa shape index (κ2) is 7.38. The fourth-order valence-corrected chi connectivity index (χ4v) is 3.36. The normalized spacial score (nSPS) is 21.4. The molecule has 1 atom stereocenters. The Morgan fingerprint density at radius 3 is 2.62 bits per heavy atom. The van der Waals surface area contributed by atoms with Crippen LogP contribution in [0.5, 0.6) is 0 Å². The van der Waals surface area contributed by atoms with Crippen molar-refractivity contribution in [2.75, 3.05) is 26.3 Å². The third kappa shape index (κ3) is 6.16. The molecule has 0 amide bonds. The standard InChI is InChI=1S/C10H17F3N2O5S/c11-10(12,13)7-20-6-4-14-21(18,19)15-5-2-1-3-8(15)9(16)17/h8,14H,1-7H2,(H,16,17). The number of nitrogens with one attached hydrogen (secondary N) is 1. The first kappa shape index (κ1) is 18.1. The highest BCUT2D eigenvalue weighted by atomic mass is 32.2. The number of carbonyl (C=O) groups is 1. The summed E-state index contributed by atoms with van der Waals surface area (Å²) >= 11 is 0. The molecule has 0 saturated carbocycles. The number of carboxylic acid groups (broad SMARTS) is 1. The van der Waals surface area contributed by atoms with Gasteiger partial charge in [0.15, 0.2) is 0 Å². The molecule has 124 valence electrons. The molecule has 0 bridgehead atoms. The lowest BCUT2D eigenvalue weighted by Crippen LogP contribution is -2.52. The first-order chi connectivity index (χ1) is 9.63. The molecular weight excluding hydrogens is 317 g/mol. The molecule has 11 heteroatoms. The minimum atomic E-state index is -4.47. The van der Waals surface area contributed by atoms with Gasteiger partial charge in [-0.3, -0.25) is 4.79 Å². The minimum Gasteiger partial charge on any atom is -0.480 e. The summed E-state index contributed by atoms with van der Waals surface area (Å²) in [5.41, 5.74) is 0. The van der Waals surface area contributed by atoms with Crippen LogP contribution in [0.3, 0.4) is 0 Å². The molecule has 0 radical (unpaired) electrons. The van der Waals surface area contributed by atoms with Crippen LogP contribution in [0.25, 0.3) is 0 Å². The van der Waals surface area contributed by atoms with E-state index in [9.17, 15) is 26.4 Å². The number of hydrogen-bond acceptors (Lipinski definition) is 4. The number of piperidine rings is 1. The van der Waals surface area contributed by atoms with Crippen molar-refractivity contribution in [3.63, 3.8) is 0 Å². The summed E-state index contributed by atoms with van der Waals surface area (Å²) in [5, 5.41) is 8.99. The molecule has 0 aromatic rings. The van der Waals surface area contributed by atoms with Gasteiger partial charge in [0.25, 0.3) is 10.2 Å². The van der Waals surface area contributed by atoms with E-state index in [1.807, 2.05) is 4.72 Å². The number of rotatable bonds is 7. The summed E-state index contributed by atoms with van der Waals surface area (Å²) in [6.45, 7) is -2.21. The van der Waals surface area contributed by atoms with E-state index in [1.54, 1.807) is 0 Å². The quantitative estimate of drug-likeness (QED) is 0.655. The summed E-state index contributed by atoms with van der Waals surface area (Å²) in [4.78, 5) is 11.0. The van der Waals surface area contributed by atoms with E-state index in [1.165, 1.54) is 0 Å². The zero-order valence-corrected chi connectivity index (χ0v) is 11.9. The molecule has 1 heterocycles. The molecule has 1 rings (SSSR count). The van der Waals surface area contributed by atoms with E-state index in [2.05, 4.69) is 4.74 Å². The Morgan fingerprint density at radius 2 is 2.05 bits per heavy atom. The van der Waals surface area contributed by atoms with Crippen LogP contribution in [-0.4, -0.2) is 62.3 Å². The van der Waals surface area contributed by atoms with Gasteiger partial charge in [0.1, 0.15) is 12.6 Å². The maximum absolute atomic E-state index is 11.9. The minimum absolute atomic E-state index is 0.0652. The topological polar surface area (TPSA) is 95.9 Å². The van der Waals surface area contributed by atoms with Crippen molar-refractivity contribution in [1.82, 2.24) is 9.03 Å². The number of aliphatic carboxylic acids is 1. The van der Waals surface area contributed by atoms with Gasteiger partial charge in [0.05, 0.1) is 6.61 Å². The van der Waals surface area contributed by atoms with Crippen molar-refractivity contribution in [2.24, 2.45) is 0 Å². The molecule has 2 N–H and O–H groups in total. The second-order valence-electron chi connectivity index (χ2n) is 4.53. The molecule has 1 aliphatic heterocycles. The van der Waals surface area contributed by atoms with Crippen LogP contribution < -0.4 is 4.72 Å². The zero-order chi connectivity index (χ0) is 16.1. The van der Waals surface area contributed by atoms with Gasteiger partial charge in [0.2, 0.25) is 0 Å². The number of alkyl halides is 3. The van der Waals surface area contributed by atoms with Gasteiger partial charge in [0, 0.05) is 13.1 Å². The van der Waals surface area contributed by atoms with Crippen LogP contribution in [0.2, 0.25) is 0 Å². The summed E-state index contributed by atoms with van der Waals surface area (Å²) < 4.78 is 66.4. The largest absolute Gasteiger partial charge is 0.480 e. The van der Waals surface area contributed by atoms with Crippen LogP contribution >= 0.6 is 0 Å².